The molecule has 0 aliphatic heterocycles. The molecular weight excluding hydrogens is 470 g/mol. The van der Waals surface area contributed by atoms with Gasteiger partial charge in [0.15, 0.2) is 11.5 Å². The van der Waals surface area contributed by atoms with E-state index in [2.05, 4.69) is 22.2 Å². The number of carbonyl (C=O) groups excluding carboxylic acids is 1. The summed E-state index contributed by atoms with van der Waals surface area (Å²) in [5.74, 6) is 0.258. The van der Waals surface area contributed by atoms with E-state index < -0.39 is 11.2 Å². The van der Waals surface area contributed by atoms with E-state index >= 15 is 0 Å². The maximum Gasteiger partial charge on any atom is 0.332 e. The number of aromatic nitrogens is 4. The molecule has 0 aliphatic rings. The van der Waals surface area contributed by atoms with Crippen molar-refractivity contribution >= 4 is 45.7 Å². The summed E-state index contributed by atoms with van der Waals surface area (Å²) >= 11 is 2.61. The molecule has 0 radical (unpaired) electrons. The van der Waals surface area contributed by atoms with Gasteiger partial charge in [0.25, 0.3) is 5.56 Å². The third-order valence-electron chi connectivity index (χ3n) is 5.41. The summed E-state index contributed by atoms with van der Waals surface area (Å²) in [6.45, 7) is 2.16. The highest BCUT2D eigenvalue weighted by atomic mass is 32.2. The molecule has 34 heavy (non-hydrogen) atoms. The van der Waals surface area contributed by atoms with E-state index in [1.807, 2.05) is 41.8 Å². The molecule has 4 rings (SSSR count). The van der Waals surface area contributed by atoms with Crippen LogP contribution in [0.1, 0.15) is 25.3 Å². The van der Waals surface area contributed by atoms with Crippen molar-refractivity contribution in [2.45, 2.75) is 31.2 Å². The highest BCUT2D eigenvalue weighted by molar-refractivity contribution is 8.00. The first-order valence-electron chi connectivity index (χ1n) is 10.9. The molecule has 0 saturated carbocycles. The highest BCUT2D eigenvalue weighted by Crippen LogP contribution is 2.28. The summed E-state index contributed by atoms with van der Waals surface area (Å²) in [5, 5.41) is 5.39. The second-order valence-corrected chi connectivity index (χ2v) is 9.78. The normalized spacial score (nSPS) is 11.1. The highest BCUT2D eigenvalue weighted by Gasteiger charge is 2.19. The number of carbonyl (C=O) groups is 1. The van der Waals surface area contributed by atoms with E-state index in [-0.39, 0.29) is 22.7 Å². The lowest BCUT2D eigenvalue weighted by molar-refractivity contribution is -0.113. The van der Waals surface area contributed by atoms with Gasteiger partial charge in [-0.25, -0.2) is 14.8 Å². The van der Waals surface area contributed by atoms with Crippen molar-refractivity contribution in [3.05, 3.63) is 68.2 Å². The minimum absolute atomic E-state index is 0.0551. The van der Waals surface area contributed by atoms with Crippen LogP contribution >= 0.6 is 23.1 Å². The number of aryl methyl sites for hydroxylation is 2. The molecule has 8 nitrogen and oxygen atoms in total. The van der Waals surface area contributed by atoms with Gasteiger partial charge in [0.1, 0.15) is 10.4 Å². The van der Waals surface area contributed by atoms with Gasteiger partial charge in [-0.1, -0.05) is 43.3 Å². The number of amides is 1. The summed E-state index contributed by atoms with van der Waals surface area (Å²) in [7, 11) is 2.99. The minimum atomic E-state index is -0.485. The number of nitrogens with zero attached hydrogens (tertiary/aromatic N) is 4. The van der Waals surface area contributed by atoms with Crippen LogP contribution in [0.2, 0.25) is 0 Å². The molecule has 0 spiro atoms. The molecule has 4 aromatic rings. The van der Waals surface area contributed by atoms with Crippen LogP contribution in [-0.2, 0) is 25.3 Å². The number of nitrogens with one attached hydrogen (secondary N) is 1. The second-order valence-electron chi connectivity index (χ2n) is 7.87. The monoisotopic (exact) mass is 495 g/mol. The molecule has 1 amide bonds. The number of fused-ring (bicyclic) bond motifs is 1. The molecule has 3 aromatic heterocycles. The smallest absolute Gasteiger partial charge is 0.325 e. The topological polar surface area (TPSA) is 98.9 Å². The predicted octanol–water partition coefficient (Wildman–Crippen LogP) is 3.83. The summed E-state index contributed by atoms with van der Waals surface area (Å²) in [4.78, 5) is 47.9. The molecule has 0 bridgehead atoms. The zero-order valence-electron chi connectivity index (χ0n) is 19.2. The van der Waals surface area contributed by atoms with Gasteiger partial charge in [-0.2, -0.15) is 0 Å². The average Bonchev–Trinajstić information content (AvgIpc) is 3.39. The van der Waals surface area contributed by atoms with E-state index in [0.717, 1.165) is 46.2 Å². The number of thioether (sulfide) groups is 1. The molecule has 176 valence electrons. The van der Waals surface area contributed by atoms with Crippen LogP contribution in [-0.4, -0.2) is 30.8 Å². The Morgan fingerprint density at radius 1 is 1.09 bits per heavy atom. The van der Waals surface area contributed by atoms with Crippen molar-refractivity contribution in [2.24, 2.45) is 14.1 Å². The van der Waals surface area contributed by atoms with E-state index in [1.54, 1.807) is 7.05 Å². The fourth-order valence-electron chi connectivity index (χ4n) is 3.52. The summed E-state index contributed by atoms with van der Waals surface area (Å²) in [6.07, 6.45) is 3.29. The van der Waals surface area contributed by atoms with Gasteiger partial charge in [-0.15, -0.1) is 11.3 Å². The van der Waals surface area contributed by atoms with Gasteiger partial charge in [-0.3, -0.25) is 18.7 Å². The summed E-state index contributed by atoms with van der Waals surface area (Å²) in [5.41, 5.74) is 1.25. The Balaban J connectivity index is 1.61. The fraction of sp³-hybridized carbons (Fsp3) is 0.292. The Kier molecular flexibility index (Phi) is 7.28. The van der Waals surface area contributed by atoms with Gasteiger partial charge in [0, 0.05) is 19.8 Å². The Bertz CT molecular complexity index is 1440. The van der Waals surface area contributed by atoms with Gasteiger partial charge in [-0.05, 0) is 42.0 Å². The van der Waals surface area contributed by atoms with Gasteiger partial charge in [0.05, 0.1) is 10.6 Å². The standard InChI is InChI=1S/C24H25N5O3S2/c1-4-5-7-15-9-11-16(12-10-15)25-18(30)14-34-22-19-21(28(2)24(32)29(3)23(19)31)26-20(27-22)17-8-6-13-33-17/h6,8-13H,4-5,7,14H2,1-3H3,(H,25,30). The molecule has 0 saturated heterocycles. The predicted molar refractivity (Wildman–Crippen MR) is 138 cm³/mol. The van der Waals surface area contributed by atoms with Crippen LogP contribution in [0, 0.1) is 0 Å². The lowest BCUT2D eigenvalue weighted by Crippen LogP contribution is -2.37. The molecule has 1 aromatic carbocycles. The van der Waals surface area contributed by atoms with Crippen LogP contribution in [0.3, 0.4) is 0 Å². The summed E-state index contributed by atoms with van der Waals surface area (Å²) < 4.78 is 2.36. The summed E-state index contributed by atoms with van der Waals surface area (Å²) in [6, 6.07) is 11.6. The van der Waals surface area contributed by atoms with E-state index in [1.165, 1.54) is 28.5 Å². The molecule has 0 atom stereocenters. The molecular formula is C24H25N5O3S2. The maximum absolute atomic E-state index is 12.9. The molecule has 0 fully saturated rings. The molecule has 3 heterocycles. The SMILES string of the molecule is CCCCc1ccc(NC(=O)CSc2nc(-c3cccs3)nc3c2c(=O)n(C)c(=O)n3C)cc1. The van der Waals surface area contributed by atoms with Crippen molar-refractivity contribution < 1.29 is 4.79 Å². The minimum Gasteiger partial charge on any atom is -0.325 e. The Morgan fingerprint density at radius 3 is 2.53 bits per heavy atom. The van der Waals surface area contributed by atoms with Crippen molar-refractivity contribution in [3.63, 3.8) is 0 Å². The quantitative estimate of drug-likeness (QED) is 0.295. The van der Waals surface area contributed by atoms with Crippen molar-refractivity contribution in [3.8, 4) is 10.7 Å². The number of unbranched alkanes of at least 4 members (excludes halogenated alkanes) is 1. The number of benzene rings is 1. The van der Waals surface area contributed by atoms with Crippen molar-refractivity contribution in [2.75, 3.05) is 11.1 Å². The Labute approximate surface area is 204 Å². The number of hydrogen-bond acceptors (Lipinski definition) is 7. The first kappa shape index (κ1) is 23.9. The Hall–Kier alpha value is -3.24. The van der Waals surface area contributed by atoms with Gasteiger partial charge in [0.2, 0.25) is 5.91 Å². The van der Waals surface area contributed by atoms with Crippen molar-refractivity contribution in [1.82, 2.24) is 19.1 Å². The average molecular weight is 496 g/mol. The molecule has 0 aliphatic carbocycles. The lowest BCUT2D eigenvalue weighted by atomic mass is 10.1. The fourth-order valence-corrected chi connectivity index (χ4v) is 4.99. The Morgan fingerprint density at radius 2 is 1.85 bits per heavy atom. The maximum atomic E-state index is 12.9. The largest absolute Gasteiger partial charge is 0.332 e. The van der Waals surface area contributed by atoms with Crippen LogP contribution in [0.25, 0.3) is 21.7 Å². The van der Waals surface area contributed by atoms with E-state index in [9.17, 15) is 14.4 Å². The number of hydrogen-bond donors (Lipinski definition) is 1. The number of rotatable bonds is 8. The number of thiophene rings is 1. The number of anilines is 1. The zero-order chi connectivity index (χ0) is 24.2. The van der Waals surface area contributed by atoms with Crippen molar-refractivity contribution in [1.29, 1.82) is 0 Å². The van der Waals surface area contributed by atoms with Crippen LogP contribution in [0.5, 0.6) is 0 Å². The van der Waals surface area contributed by atoms with Crippen LogP contribution in [0.15, 0.2) is 56.4 Å². The first-order chi connectivity index (χ1) is 16.4. The zero-order valence-corrected chi connectivity index (χ0v) is 20.8. The van der Waals surface area contributed by atoms with Crippen LogP contribution in [0.4, 0.5) is 5.69 Å². The first-order valence-corrected chi connectivity index (χ1v) is 12.8. The van der Waals surface area contributed by atoms with Crippen LogP contribution < -0.4 is 16.6 Å². The molecule has 1 N–H and O–H groups in total. The molecule has 10 heteroatoms. The molecule has 0 unspecified atom stereocenters. The third-order valence-corrected chi connectivity index (χ3v) is 7.25. The van der Waals surface area contributed by atoms with E-state index in [4.69, 9.17) is 0 Å². The van der Waals surface area contributed by atoms with Gasteiger partial charge < -0.3 is 5.32 Å². The third kappa shape index (κ3) is 4.97. The van der Waals surface area contributed by atoms with E-state index in [0.29, 0.717) is 10.9 Å². The lowest BCUT2D eigenvalue weighted by Gasteiger charge is -2.11. The van der Waals surface area contributed by atoms with Gasteiger partial charge >= 0.3 is 5.69 Å². The second kappa shape index (κ2) is 10.4.